The van der Waals surface area contributed by atoms with Gasteiger partial charge in [0.25, 0.3) is 5.91 Å². The van der Waals surface area contributed by atoms with E-state index < -0.39 is 0 Å². The smallest absolute Gasteiger partial charge is 0.253 e. The molecule has 0 atom stereocenters. The minimum absolute atomic E-state index is 0.0291. The van der Waals surface area contributed by atoms with Crippen molar-refractivity contribution in [3.63, 3.8) is 0 Å². The maximum Gasteiger partial charge on any atom is 0.253 e. The number of carbonyl (C=O) groups excluding carboxylic acids is 1. The number of hydrogen-bond acceptors (Lipinski definition) is 4. The molecule has 1 saturated heterocycles. The average molecular weight is 293 g/mol. The summed E-state index contributed by atoms with van der Waals surface area (Å²) < 4.78 is 0.196. The van der Waals surface area contributed by atoms with E-state index in [9.17, 15) is 4.79 Å². The number of thioether (sulfide) groups is 1. The Bertz CT molecular complexity index is 502. The molecule has 0 radical (unpaired) electrons. The maximum atomic E-state index is 12.2. The maximum absolute atomic E-state index is 12.2. The highest BCUT2D eigenvalue weighted by Gasteiger charge is 2.29. The molecule has 2 rings (SSSR count). The molecule has 0 unspecified atom stereocenters. The van der Waals surface area contributed by atoms with E-state index in [1.807, 2.05) is 30.8 Å². The molecule has 1 aromatic rings. The van der Waals surface area contributed by atoms with Gasteiger partial charge in [0.2, 0.25) is 0 Å². The van der Waals surface area contributed by atoms with Crippen molar-refractivity contribution < 1.29 is 4.79 Å². The molecule has 20 heavy (non-hydrogen) atoms. The van der Waals surface area contributed by atoms with Gasteiger partial charge in [-0.05, 0) is 39.0 Å². The van der Waals surface area contributed by atoms with Gasteiger partial charge in [-0.15, -0.1) is 0 Å². The van der Waals surface area contributed by atoms with Gasteiger partial charge in [0, 0.05) is 35.8 Å². The zero-order chi connectivity index (χ0) is 14.8. The van der Waals surface area contributed by atoms with Crippen LogP contribution in [0.4, 0.5) is 11.4 Å². The quantitative estimate of drug-likeness (QED) is 0.840. The largest absolute Gasteiger partial charge is 0.399 e. The Morgan fingerprint density at radius 1 is 1.50 bits per heavy atom. The molecule has 5 heteroatoms. The second kappa shape index (κ2) is 5.95. The first-order valence-electron chi connectivity index (χ1n) is 6.99. The second-order valence-corrected chi connectivity index (χ2v) is 7.47. The SMILES string of the molecule is CCNC(=O)c1ccc(N)cc1N1CCSC(C)(C)C1. The Balaban J connectivity index is 2.34. The van der Waals surface area contributed by atoms with E-state index in [1.165, 1.54) is 0 Å². The lowest BCUT2D eigenvalue weighted by Gasteiger charge is -2.39. The first-order valence-corrected chi connectivity index (χ1v) is 7.98. The summed E-state index contributed by atoms with van der Waals surface area (Å²) >= 11 is 1.97. The van der Waals surface area contributed by atoms with Gasteiger partial charge in [0.1, 0.15) is 0 Å². The molecule has 0 bridgehead atoms. The summed E-state index contributed by atoms with van der Waals surface area (Å²) in [5.74, 6) is 1.04. The Hall–Kier alpha value is -1.36. The van der Waals surface area contributed by atoms with E-state index in [2.05, 4.69) is 24.1 Å². The molecule has 3 N–H and O–H groups in total. The van der Waals surface area contributed by atoms with Crippen molar-refractivity contribution in [3.05, 3.63) is 23.8 Å². The van der Waals surface area contributed by atoms with Crippen LogP contribution in [-0.2, 0) is 0 Å². The number of nitrogen functional groups attached to an aromatic ring is 1. The van der Waals surface area contributed by atoms with Crippen molar-refractivity contribution in [3.8, 4) is 0 Å². The van der Waals surface area contributed by atoms with Gasteiger partial charge in [0.15, 0.2) is 0 Å². The van der Waals surface area contributed by atoms with Crippen molar-refractivity contribution in [2.75, 3.05) is 36.0 Å². The molecule has 0 aromatic heterocycles. The number of nitrogens with two attached hydrogens (primary N) is 1. The molecule has 0 saturated carbocycles. The van der Waals surface area contributed by atoms with Crippen LogP contribution in [0.5, 0.6) is 0 Å². The molecule has 1 aliphatic heterocycles. The van der Waals surface area contributed by atoms with E-state index in [4.69, 9.17) is 5.73 Å². The molecule has 110 valence electrons. The number of nitrogens with one attached hydrogen (secondary N) is 1. The fourth-order valence-corrected chi connectivity index (χ4v) is 3.59. The number of anilines is 2. The van der Waals surface area contributed by atoms with Crippen LogP contribution in [0.15, 0.2) is 18.2 Å². The molecule has 0 spiro atoms. The van der Waals surface area contributed by atoms with Gasteiger partial charge in [0.05, 0.1) is 11.3 Å². The number of rotatable bonds is 3. The van der Waals surface area contributed by atoms with Crippen molar-refractivity contribution in [1.29, 1.82) is 0 Å². The Morgan fingerprint density at radius 3 is 2.90 bits per heavy atom. The second-order valence-electron chi connectivity index (χ2n) is 5.67. The summed E-state index contributed by atoms with van der Waals surface area (Å²) in [6.07, 6.45) is 0. The van der Waals surface area contributed by atoms with E-state index >= 15 is 0 Å². The predicted octanol–water partition coefficient (Wildman–Crippen LogP) is 2.35. The lowest BCUT2D eigenvalue weighted by molar-refractivity contribution is 0.0956. The van der Waals surface area contributed by atoms with Crippen LogP contribution in [-0.4, -0.2) is 36.0 Å². The molecule has 1 aliphatic rings. The van der Waals surface area contributed by atoms with Crippen molar-refractivity contribution in [2.24, 2.45) is 0 Å². The molecule has 1 aromatic carbocycles. The number of hydrogen-bond donors (Lipinski definition) is 2. The summed E-state index contributed by atoms with van der Waals surface area (Å²) in [5.41, 5.74) is 8.27. The van der Waals surface area contributed by atoms with Crippen molar-refractivity contribution in [1.82, 2.24) is 5.32 Å². The van der Waals surface area contributed by atoms with Gasteiger partial charge >= 0.3 is 0 Å². The minimum Gasteiger partial charge on any atom is -0.399 e. The first-order chi connectivity index (χ1) is 9.43. The van der Waals surface area contributed by atoms with E-state index in [-0.39, 0.29) is 10.7 Å². The van der Waals surface area contributed by atoms with Gasteiger partial charge in [-0.2, -0.15) is 11.8 Å². The van der Waals surface area contributed by atoms with Crippen LogP contribution in [0.2, 0.25) is 0 Å². The Kier molecular flexibility index (Phi) is 4.48. The normalized spacial score (nSPS) is 17.9. The number of carbonyl (C=O) groups is 1. The van der Waals surface area contributed by atoms with Crippen LogP contribution in [0.1, 0.15) is 31.1 Å². The van der Waals surface area contributed by atoms with Gasteiger partial charge in [-0.25, -0.2) is 0 Å². The predicted molar refractivity (Wildman–Crippen MR) is 87.6 cm³/mol. The van der Waals surface area contributed by atoms with Crippen LogP contribution in [0.3, 0.4) is 0 Å². The highest BCUT2D eigenvalue weighted by Crippen LogP contribution is 2.34. The topological polar surface area (TPSA) is 58.4 Å². The third kappa shape index (κ3) is 3.39. The molecule has 1 fully saturated rings. The number of nitrogens with zero attached hydrogens (tertiary/aromatic N) is 1. The average Bonchev–Trinajstić information content (AvgIpc) is 2.37. The van der Waals surface area contributed by atoms with Crippen molar-refractivity contribution >= 4 is 29.0 Å². The van der Waals surface area contributed by atoms with Crippen LogP contribution >= 0.6 is 11.8 Å². The molecule has 1 amide bonds. The third-order valence-corrected chi connectivity index (χ3v) is 4.67. The highest BCUT2D eigenvalue weighted by atomic mass is 32.2. The summed E-state index contributed by atoms with van der Waals surface area (Å²) in [7, 11) is 0. The summed E-state index contributed by atoms with van der Waals surface area (Å²) in [5, 5.41) is 2.87. The lowest BCUT2D eigenvalue weighted by Crippen LogP contribution is -2.44. The van der Waals surface area contributed by atoms with Crippen LogP contribution < -0.4 is 16.0 Å². The zero-order valence-corrected chi connectivity index (χ0v) is 13.2. The highest BCUT2D eigenvalue weighted by molar-refractivity contribution is 8.00. The van der Waals surface area contributed by atoms with E-state index in [0.717, 1.165) is 24.5 Å². The summed E-state index contributed by atoms with van der Waals surface area (Å²) in [4.78, 5) is 14.5. The monoisotopic (exact) mass is 293 g/mol. The van der Waals surface area contributed by atoms with Crippen LogP contribution in [0, 0.1) is 0 Å². The summed E-state index contributed by atoms with van der Waals surface area (Å²) in [6, 6.07) is 5.53. The third-order valence-electron chi connectivity index (χ3n) is 3.37. The zero-order valence-electron chi connectivity index (χ0n) is 12.4. The Labute approximate surface area is 125 Å². The molecular formula is C15H23N3OS. The van der Waals surface area contributed by atoms with Crippen LogP contribution in [0.25, 0.3) is 0 Å². The van der Waals surface area contributed by atoms with Gasteiger partial charge in [-0.3, -0.25) is 4.79 Å². The van der Waals surface area contributed by atoms with Crippen molar-refractivity contribution in [2.45, 2.75) is 25.5 Å². The summed E-state index contributed by atoms with van der Waals surface area (Å²) in [6.45, 7) is 8.90. The molecule has 0 aliphatic carbocycles. The molecule has 4 nitrogen and oxygen atoms in total. The van der Waals surface area contributed by atoms with E-state index in [1.54, 1.807) is 6.07 Å². The lowest BCUT2D eigenvalue weighted by atomic mass is 10.1. The number of amides is 1. The first kappa shape index (κ1) is 15.0. The van der Waals surface area contributed by atoms with E-state index in [0.29, 0.717) is 17.8 Å². The fraction of sp³-hybridized carbons (Fsp3) is 0.533. The minimum atomic E-state index is -0.0291. The number of benzene rings is 1. The Morgan fingerprint density at radius 2 is 2.25 bits per heavy atom. The standard InChI is InChI=1S/C15H23N3OS/c1-4-17-14(19)12-6-5-11(16)9-13(12)18-7-8-20-15(2,3)10-18/h5-6,9H,4,7-8,10,16H2,1-3H3,(H,17,19). The molecular weight excluding hydrogens is 270 g/mol. The van der Waals surface area contributed by atoms with Gasteiger partial charge < -0.3 is 16.0 Å². The van der Waals surface area contributed by atoms with Gasteiger partial charge in [-0.1, -0.05) is 0 Å². The fourth-order valence-electron chi connectivity index (χ4n) is 2.48. The molecule has 1 heterocycles.